The molecule has 1 heterocycles. The Bertz CT molecular complexity index is 681. The van der Waals surface area contributed by atoms with Gasteiger partial charge in [0.1, 0.15) is 0 Å². The van der Waals surface area contributed by atoms with Gasteiger partial charge in [0, 0.05) is 12.1 Å². The molecule has 114 valence electrons. The third kappa shape index (κ3) is 4.04. The lowest BCUT2D eigenvalue weighted by Gasteiger charge is -2.11. The molecular weight excluding hydrogens is 294 g/mol. The van der Waals surface area contributed by atoms with Crippen LogP contribution >= 0.6 is 0 Å². The zero-order chi connectivity index (χ0) is 15.6. The van der Waals surface area contributed by atoms with Crippen molar-refractivity contribution in [1.29, 1.82) is 0 Å². The van der Waals surface area contributed by atoms with E-state index in [-0.39, 0.29) is 35.3 Å². The Morgan fingerprint density at radius 3 is 2.62 bits per heavy atom. The molecule has 1 aliphatic rings. The molecule has 1 saturated heterocycles. The van der Waals surface area contributed by atoms with Crippen LogP contribution < -0.4 is 5.32 Å². The molecule has 1 aromatic rings. The molecule has 0 saturated carbocycles. The van der Waals surface area contributed by atoms with Gasteiger partial charge < -0.3 is 10.4 Å². The highest BCUT2D eigenvalue weighted by molar-refractivity contribution is 7.91. The van der Waals surface area contributed by atoms with E-state index in [1.165, 1.54) is 12.1 Å². The molecule has 1 aromatic carbocycles. The number of carbonyl (C=O) groups excluding carboxylic acids is 1. The van der Waals surface area contributed by atoms with Crippen LogP contribution in [0.1, 0.15) is 28.8 Å². The van der Waals surface area contributed by atoms with E-state index in [1.807, 2.05) is 0 Å². The zero-order valence-corrected chi connectivity index (χ0v) is 12.4. The standard InChI is InChI=1S/C14H17NO5S/c1-9-6-11(14(17)18)2-3-12(9)15-13(16)7-10-4-5-21(19,20)8-10/h2-3,6,10H,4-5,7-8H2,1H3,(H,15,16)(H,17,18). The number of carbonyl (C=O) groups is 2. The van der Waals surface area contributed by atoms with E-state index in [2.05, 4.69) is 5.32 Å². The lowest BCUT2D eigenvalue weighted by atomic mass is 10.0. The molecule has 0 aromatic heterocycles. The molecule has 1 atom stereocenters. The molecule has 0 bridgehead atoms. The molecule has 7 heteroatoms. The van der Waals surface area contributed by atoms with Crippen LogP contribution in [0, 0.1) is 12.8 Å². The third-order valence-electron chi connectivity index (χ3n) is 3.55. The predicted molar refractivity (Wildman–Crippen MR) is 78.1 cm³/mol. The molecule has 1 fully saturated rings. The maximum atomic E-state index is 11.9. The van der Waals surface area contributed by atoms with Gasteiger partial charge in [0.05, 0.1) is 17.1 Å². The summed E-state index contributed by atoms with van der Waals surface area (Å²) >= 11 is 0. The third-order valence-corrected chi connectivity index (χ3v) is 5.39. The molecule has 0 radical (unpaired) electrons. The van der Waals surface area contributed by atoms with Crippen molar-refractivity contribution in [3.8, 4) is 0 Å². The minimum absolute atomic E-state index is 0.0668. The van der Waals surface area contributed by atoms with Crippen molar-refractivity contribution in [2.24, 2.45) is 5.92 Å². The Balaban J connectivity index is 1.98. The smallest absolute Gasteiger partial charge is 0.335 e. The van der Waals surface area contributed by atoms with Crippen molar-refractivity contribution >= 4 is 27.4 Å². The van der Waals surface area contributed by atoms with Crippen LogP contribution in [0.3, 0.4) is 0 Å². The normalized spacial score (nSPS) is 20.1. The Kier molecular flexibility index (Phi) is 4.32. The molecule has 0 spiro atoms. The summed E-state index contributed by atoms with van der Waals surface area (Å²) < 4.78 is 22.7. The molecule has 1 aliphatic heterocycles. The van der Waals surface area contributed by atoms with Crippen molar-refractivity contribution in [1.82, 2.24) is 0 Å². The molecule has 1 amide bonds. The second kappa shape index (κ2) is 5.85. The second-order valence-electron chi connectivity index (χ2n) is 5.36. The van der Waals surface area contributed by atoms with Gasteiger partial charge in [-0.3, -0.25) is 4.79 Å². The number of carboxylic acids is 1. The van der Waals surface area contributed by atoms with Gasteiger partial charge in [0.2, 0.25) is 5.91 Å². The highest BCUT2D eigenvalue weighted by Gasteiger charge is 2.29. The van der Waals surface area contributed by atoms with Crippen molar-refractivity contribution in [2.45, 2.75) is 19.8 Å². The van der Waals surface area contributed by atoms with Crippen LogP contribution in [0.2, 0.25) is 0 Å². The van der Waals surface area contributed by atoms with Gasteiger partial charge in [-0.1, -0.05) is 0 Å². The number of anilines is 1. The van der Waals surface area contributed by atoms with Crippen LogP contribution in [0.4, 0.5) is 5.69 Å². The Labute approximate surface area is 123 Å². The molecule has 2 N–H and O–H groups in total. The molecule has 21 heavy (non-hydrogen) atoms. The van der Waals surface area contributed by atoms with E-state index < -0.39 is 15.8 Å². The van der Waals surface area contributed by atoms with Gasteiger partial charge >= 0.3 is 5.97 Å². The van der Waals surface area contributed by atoms with Crippen molar-refractivity contribution in [3.63, 3.8) is 0 Å². The van der Waals surface area contributed by atoms with E-state index in [0.29, 0.717) is 17.7 Å². The highest BCUT2D eigenvalue weighted by atomic mass is 32.2. The number of hydrogen-bond acceptors (Lipinski definition) is 4. The summed E-state index contributed by atoms with van der Waals surface area (Å²) in [5.74, 6) is -1.18. The van der Waals surface area contributed by atoms with E-state index in [9.17, 15) is 18.0 Å². The lowest BCUT2D eigenvalue weighted by molar-refractivity contribution is -0.116. The van der Waals surface area contributed by atoms with Crippen LogP contribution in [-0.4, -0.2) is 36.9 Å². The number of carboxylic acid groups (broad SMARTS) is 1. The summed E-state index contributed by atoms with van der Waals surface area (Å²) in [7, 11) is -2.98. The van der Waals surface area contributed by atoms with Crippen molar-refractivity contribution in [2.75, 3.05) is 16.8 Å². The van der Waals surface area contributed by atoms with Gasteiger partial charge in [-0.05, 0) is 43.0 Å². The molecule has 6 nitrogen and oxygen atoms in total. The van der Waals surface area contributed by atoms with E-state index >= 15 is 0 Å². The number of hydrogen-bond donors (Lipinski definition) is 2. The Morgan fingerprint density at radius 2 is 2.10 bits per heavy atom. The fraction of sp³-hybridized carbons (Fsp3) is 0.429. The molecule has 1 unspecified atom stereocenters. The fourth-order valence-corrected chi connectivity index (χ4v) is 4.30. The first-order chi connectivity index (χ1) is 9.77. The van der Waals surface area contributed by atoms with E-state index in [4.69, 9.17) is 5.11 Å². The maximum Gasteiger partial charge on any atom is 0.335 e. The summed E-state index contributed by atoms with van der Waals surface area (Å²) in [6.07, 6.45) is 0.687. The Hall–Kier alpha value is -1.89. The molecule has 0 aliphatic carbocycles. The number of aryl methyl sites for hydroxylation is 1. The topological polar surface area (TPSA) is 101 Å². The first kappa shape index (κ1) is 15.5. The Morgan fingerprint density at radius 1 is 1.38 bits per heavy atom. The monoisotopic (exact) mass is 311 g/mol. The average Bonchev–Trinajstić information content (AvgIpc) is 2.70. The first-order valence-electron chi connectivity index (χ1n) is 6.61. The van der Waals surface area contributed by atoms with E-state index in [0.717, 1.165) is 0 Å². The number of amides is 1. The average molecular weight is 311 g/mol. The summed E-state index contributed by atoms with van der Waals surface area (Å²) in [4.78, 5) is 22.8. The zero-order valence-electron chi connectivity index (χ0n) is 11.6. The van der Waals surface area contributed by atoms with Gasteiger partial charge in [0.25, 0.3) is 0 Å². The fourth-order valence-electron chi connectivity index (χ4n) is 2.43. The van der Waals surface area contributed by atoms with Crippen molar-refractivity contribution < 1.29 is 23.1 Å². The minimum Gasteiger partial charge on any atom is -0.478 e. The largest absolute Gasteiger partial charge is 0.478 e. The SMILES string of the molecule is Cc1cc(C(=O)O)ccc1NC(=O)CC1CCS(=O)(=O)C1. The summed E-state index contributed by atoms with van der Waals surface area (Å²) in [6, 6.07) is 4.45. The first-order valence-corrected chi connectivity index (χ1v) is 8.43. The maximum absolute atomic E-state index is 11.9. The number of nitrogens with one attached hydrogen (secondary N) is 1. The van der Waals surface area contributed by atoms with Gasteiger partial charge in [-0.2, -0.15) is 0 Å². The van der Waals surface area contributed by atoms with Gasteiger partial charge in [0.15, 0.2) is 9.84 Å². The highest BCUT2D eigenvalue weighted by Crippen LogP contribution is 2.23. The predicted octanol–water partition coefficient (Wildman–Crippen LogP) is 1.46. The summed E-state index contributed by atoms with van der Waals surface area (Å²) in [5, 5.41) is 11.6. The molecule has 2 rings (SSSR count). The van der Waals surface area contributed by atoms with Gasteiger partial charge in [-0.15, -0.1) is 0 Å². The van der Waals surface area contributed by atoms with Crippen LogP contribution in [0.15, 0.2) is 18.2 Å². The van der Waals surface area contributed by atoms with Gasteiger partial charge in [-0.25, -0.2) is 13.2 Å². The summed E-state index contributed by atoms with van der Waals surface area (Å²) in [6.45, 7) is 1.71. The van der Waals surface area contributed by atoms with Crippen LogP contribution in [0.5, 0.6) is 0 Å². The minimum atomic E-state index is -2.98. The second-order valence-corrected chi connectivity index (χ2v) is 7.58. The molecular formula is C14H17NO5S. The van der Waals surface area contributed by atoms with Crippen LogP contribution in [0.25, 0.3) is 0 Å². The number of sulfone groups is 1. The van der Waals surface area contributed by atoms with Crippen molar-refractivity contribution in [3.05, 3.63) is 29.3 Å². The quantitative estimate of drug-likeness (QED) is 0.876. The number of benzene rings is 1. The van der Waals surface area contributed by atoms with Crippen LogP contribution in [-0.2, 0) is 14.6 Å². The lowest BCUT2D eigenvalue weighted by Crippen LogP contribution is -2.18. The summed E-state index contributed by atoms with van der Waals surface area (Å²) in [5.41, 5.74) is 1.36. The number of rotatable bonds is 4. The number of aromatic carboxylic acids is 1. The van der Waals surface area contributed by atoms with E-state index in [1.54, 1.807) is 13.0 Å².